The number of rotatable bonds is 9. The molecule has 0 radical (unpaired) electrons. The zero-order chi connectivity index (χ0) is 17.8. The predicted octanol–water partition coefficient (Wildman–Crippen LogP) is -3.26. The first-order valence-electron chi connectivity index (χ1n) is 5.30. The number of hydrogen-bond acceptors (Lipinski definition) is 9. The Morgan fingerprint density at radius 3 is 2.00 bits per heavy atom. The smallest absolute Gasteiger partial charge is 0.469 e. The van der Waals surface area contributed by atoms with Gasteiger partial charge in [0.05, 0.1) is 6.61 Å². The van der Waals surface area contributed by atoms with Crippen molar-refractivity contribution in [3.63, 3.8) is 0 Å². The van der Waals surface area contributed by atoms with E-state index in [1.54, 1.807) is 0 Å². The number of carboxylic acids is 1. The summed E-state index contributed by atoms with van der Waals surface area (Å²) in [5.74, 6) is -1.95. The van der Waals surface area contributed by atoms with Gasteiger partial charge in [0.2, 0.25) is 5.60 Å². The van der Waals surface area contributed by atoms with Crippen molar-refractivity contribution in [1.29, 1.82) is 1.43 Å². The van der Waals surface area contributed by atoms with E-state index in [1.165, 1.54) is 0 Å². The molecule has 8 N–H and O–H groups in total. The van der Waals surface area contributed by atoms with Gasteiger partial charge in [-0.1, -0.05) is 0 Å². The van der Waals surface area contributed by atoms with Crippen molar-refractivity contribution >= 4 is 21.6 Å². The molecule has 0 aromatic rings. The summed E-state index contributed by atoms with van der Waals surface area (Å²) >= 11 is 0. The standard InChI is InChI=1S/C6H14O13P2/c7-3(1-18-20(12,13)14)4(8)6(11,5(9)10)2-19-21(15,16)17/h3-4,7-8,11H,1-2H2,(H,9,10)(H2,12,13,14)(H2,15,16,17)/t3-,4-,6+/m1/s1/i/hD. The number of aliphatic hydroxyl groups excluding tert-OH is 2. The molecule has 3 atom stereocenters. The van der Waals surface area contributed by atoms with Gasteiger partial charge < -0.3 is 40.0 Å². The molecule has 0 saturated carbocycles. The van der Waals surface area contributed by atoms with Gasteiger partial charge in [0.25, 0.3) is 1.43 Å². The fourth-order valence-corrected chi connectivity index (χ4v) is 1.74. The van der Waals surface area contributed by atoms with Crippen LogP contribution in [0.3, 0.4) is 0 Å². The zero-order valence-corrected chi connectivity index (χ0v) is 11.8. The average Bonchev–Trinajstić information content (AvgIpc) is 2.38. The Hall–Kier alpha value is -0.430. The maximum absolute atomic E-state index is 11.2. The fourth-order valence-electron chi connectivity index (χ4n) is 1.03. The van der Waals surface area contributed by atoms with Crippen molar-refractivity contribution in [3.05, 3.63) is 0 Å². The molecular formula is C6H14O13P2. The Morgan fingerprint density at radius 1 is 1.14 bits per heavy atom. The van der Waals surface area contributed by atoms with Crippen LogP contribution in [-0.2, 0) is 23.0 Å². The minimum Gasteiger partial charge on any atom is -0.479 e. The molecule has 0 aromatic carbocycles. The molecule has 0 aliphatic rings. The second-order valence-electron chi connectivity index (χ2n) is 3.77. The SMILES string of the molecule is [2H]OC(=O)[C@](O)(COP(=O)(O)O)[C@H](O)[C@H](O)COP(=O)(O)O. The van der Waals surface area contributed by atoms with Gasteiger partial charge in [-0.15, -0.1) is 0 Å². The summed E-state index contributed by atoms with van der Waals surface area (Å²) in [5.41, 5.74) is -3.32. The lowest BCUT2D eigenvalue weighted by Crippen LogP contribution is -2.58. The first-order chi connectivity index (χ1) is 9.73. The quantitative estimate of drug-likeness (QED) is 0.190. The van der Waals surface area contributed by atoms with Crippen LogP contribution in [0.4, 0.5) is 0 Å². The number of carboxylic acid groups (broad SMARTS) is 1. The first kappa shape index (κ1) is 18.6. The number of carbonyl (C=O) groups is 1. The van der Waals surface area contributed by atoms with Crippen LogP contribution in [0.5, 0.6) is 0 Å². The van der Waals surface area contributed by atoms with E-state index in [-0.39, 0.29) is 0 Å². The molecule has 0 aliphatic carbocycles. The van der Waals surface area contributed by atoms with Crippen LogP contribution in [0, 0.1) is 0 Å². The van der Waals surface area contributed by atoms with E-state index in [0.717, 1.165) is 0 Å². The molecule has 0 aliphatic heterocycles. The van der Waals surface area contributed by atoms with Crippen molar-refractivity contribution < 1.29 is 63.0 Å². The molecule has 0 amide bonds. The fraction of sp³-hybridized carbons (Fsp3) is 0.833. The highest BCUT2D eigenvalue weighted by Gasteiger charge is 2.49. The average molecular weight is 357 g/mol. The molecule has 0 fully saturated rings. The maximum Gasteiger partial charge on any atom is 0.469 e. The maximum atomic E-state index is 11.2. The number of phosphoric ester groups is 2. The molecule has 13 nitrogen and oxygen atoms in total. The molecule has 0 aromatic heterocycles. The summed E-state index contributed by atoms with van der Waals surface area (Å²) in [6.45, 7) is -2.86. The van der Waals surface area contributed by atoms with Crippen LogP contribution >= 0.6 is 15.6 Å². The van der Waals surface area contributed by atoms with E-state index < -0.39 is 52.6 Å². The minimum atomic E-state index is -5.20. The van der Waals surface area contributed by atoms with Crippen molar-refractivity contribution in [3.8, 4) is 0 Å². The highest BCUT2D eigenvalue weighted by atomic mass is 31.2. The Kier molecular flexibility index (Phi) is 6.40. The third-order valence-electron chi connectivity index (χ3n) is 2.07. The van der Waals surface area contributed by atoms with Gasteiger partial charge in [0.1, 0.15) is 18.8 Å². The van der Waals surface area contributed by atoms with Crippen LogP contribution in [0.1, 0.15) is 0 Å². The van der Waals surface area contributed by atoms with Crippen molar-refractivity contribution in [2.75, 3.05) is 13.2 Å². The van der Waals surface area contributed by atoms with Crippen molar-refractivity contribution in [2.24, 2.45) is 0 Å². The molecule has 0 saturated heterocycles. The van der Waals surface area contributed by atoms with E-state index in [2.05, 4.69) is 14.2 Å². The molecule has 0 heterocycles. The van der Waals surface area contributed by atoms with Gasteiger partial charge in [0.15, 0.2) is 0 Å². The molecule has 0 rings (SSSR count). The number of phosphoric acid groups is 2. The van der Waals surface area contributed by atoms with Gasteiger partial charge in [-0.05, 0) is 0 Å². The van der Waals surface area contributed by atoms with Crippen LogP contribution in [0.15, 0.2) is 0 Å². The first-order valence-corrected chi connectivity index (χ1v) is 7.95. The number of hydrogen-bond donors (Lipinski definition) is 8. The largest absolute Gasteiger partial charge is 0.479 e. The van der Waals surface area contributed by atoms with Crippen LogP contribution in [0.2, 0.25) is 0 Å². The normalized spacial score (nSPS) is 19.3. The Labute approximate surface area is 118 Å². The van der Waals surface area contributed by atoms with E-state index in [1.807, 2.05) is 0 Å². The van der Waals surface area contributed by atoms with Crippen LogP contribution in [-0.4, -0.2) is 77.0 Å². The van der Waals surface area contributed by atoms with Crippen molar-refractivity contribution in [2.45, 2.75) is 17.8 Å². The number of aliphatic hydroxyl groups is 3. The van der Waals surface area contributed by atoms with Gasteiger partial charge in [0, 0.05) is 0 Å². The summed E-state index contributed by atoms with van der Waals surface area (Å²) < 4.78 is 34.9. The minimum absolute atomic E-state index is 1.27. The number of aliphatic carboxylic acids is 1. The van der Waals surface area contributed by atoms with Crippen LogP contribution in [0.25, 0.3) is 1.43 Å². The van der Waals surface area contributed by atoms with Gasteiger partial charge >= 0.3 is 21.6 Å². The highest BCUT2D eigenvalue weighted by molar-refractivity contribution is 7.46. The summed E-state index contributed by atoms with van der Waals surface area (Å²) in [5, 5.41) is 32.1. The van der Waals surface area contributed by atoms with Gasteiger partial charge in [-0.2, -0.15) is 0 Å². The van der Waals surface area contributed by atoms with Gasteiger partial charge in [-0.3, -0.25) is 9.05 Å². The zero-order valence-electron chi connectivity index (χ0n) is 11.0. The van der Waals surface area contributed by atoms with E-state index in [0.29, 0.717) is 0 Å². The Balaban J connectivity index is 5.12. The lowest BCUT2D eigenvalue weighted by molar-refractivity contribution is -0.190. The van der Waals surface area contributed by atoms with Crippen LogP contribution < -0.4 is 0 Å². The van der Waals surface area contributed by atoms with E-state index in [4.69, 9.17) is 21.0 Å². The summed E-state index contributed by atoms with van der Waals surface area (Å²) in [6.07, 6.45) is -4.93. The van der Waals surface area contributed by atoms with E-state index >= 15 is 0 Å². The van der Waals surface area contributed by atoms with Gasteiger partial charge in [-0.25, -0.2) is 13.9 Å². The highest BCUT2D eigenvalue weighted by Crippen LogP contribution is 2.38. The molecule has 0 unspecified atom stereocenters. The summed E-state index contributed by atoms with van der Waals surface area (Å²) in [7, 11) is -10.2. The topological polar surface area (TPSA) is 232 Å². The molecular weight excluding hydrogens is 342 g/mol. The molecule has 0 spiro atoms. The predicted molar refractivity (Wildman–Crippen MR) is 60.6 cm³/mol. The molecule has 21 heavy (non-hydrogen) atoms. The third kappa shape index (κ3) is 7.40. The Morgan fingerprint density at radius 2 is 1.62 bits per heavy atom. The van der Waals surface area contributed by atoms with Crippen molar-refractivity contribution in [1.82, 2.24) is 0 Å². The Bertz CT molecular complexity index is 471. The summed E-state index contributed by atoms with van der Waals surface area (Å²) in [6, 6.07) is 0. The molecule has 0 bridgehead atoms. The lowest BCUT2D eigenvalue weighted by Gasteiger charge is -2.31. The second-order valence-corrected chi connectivity index (χ2v) is 6.25. The van der Waals surface area contributed by atoms with E-state index in [9.17, 15) is 29.2 Å². The third-order valence-corrected chi connectivity index (χ3v) is 3.02. The lowest BCUT2D eigenvalue weighted by atomic mass is 9.94. The summed E-state index contributed by atoms with van der Waals surface area (Å²) in [4.78, 5) is 45.0. The molecule has 15 heteroatoms. The second kappa shape index (κ2) is 7.22. The molecule has 126 valence electrons. The monoisotopic (exact) mass is 357 g/mol.